The lowest BCUT2D eigenvalue weighted by Crippen LogP contribution is -2.08. The highest BCUT2D eigenvalue weighted by atomic mass is 19.1. The summed E-state index contributed by atoms with van der Waals surface area (Å²) in [6.07, 6.45) is 11.0. The predicted molar refractivity (Wildman–Crippen MR) is 124 cm³/mol. The van der Waals surface area contributed by atoms with E-state index in [0.717, 1.165) is 56.1 Å². The molecule has 1 aromatic heterocycles. The van der Waals surface area contributed by atoms with E-state index in [2.05, 4.69) is 23.8 Å². The van der Waals surface area contributed by atoms with Gasteiger partial charge in [0.15, 0.2) is 11.6 Å². The molecule has 0 unspecified atom stereocenters. The maximum atomic E-state index is 13.9. The van der Waals surface area contributed by atoms with E-state index in [1.165, 1.54) is 0 Å². The van der Waals surface area contributed by atoms with Crippen molar-refractivity contribution in [1.82, 2.24) is 9.97 Å². The molecule has 3 nitrogen and oxygen atoms in total. The van der Waals surface area contributed by atoms with Crippen LogP contribution in [0.5, 0.6) is 5.75 Å². The number of hydrogen-bond acceptors (Lipinski definition) is 3. The molecule has 0 aliphatic heterocycles. The highest BCUT2D eigenvalue weighted by molar-refractivity contribution is 5.55. The summed E-state index contributed by atoms with van der Waals surface area (Å²) in [7, 11) is 0. The van der Waals surface area contributed by atoms with Crippen LogP contribution in [0, 0.1) is 0 Å². The molecule has 2 atom stereocenters. The summed E-state index contributed by atoms with van der Waals surface area (Å²) in [5, 5.41) is 0. The Morgan fingerprint density at radius 1 is 0.774 bits per heavy atom. The van der Waals surface area contributed by atoms with Crippen LogP contribution >= 0.6 is 0 Å². The number of unbranched alkanes of at least 4 members (excludes halogenated alkanes) is 4. The third-order valence-corrected chi connectivity index (χ3v) is 5.53. The lowest BCUT2D eigenvalue weighted by Gasteiger charge is -2.10. The Morgan fingerprint density at radius 3 is 1.94 bits per heavy atom. The van der Waals surface area contributed by atoms with Gasteiger partial charge in [-0.05, 0) is 31.2 Å². The van der Waals surface area contributed by atoms with E-state index in [0.29, 0.717) is 43.9 Å². The zero-order valence-corrected chi connectivity index (χ0v) is 19.2. The number of alkyl halides is 2. The summed E-state index contributed by atoms with van der Waals surface area (Å²) in [6.45, 7) is 4.58. The van der Waals surface area contributed by atoms with Gasteiger partial charge in [-0.1, -0.05) is 76.6 Å². The van der Waals surface area contributed by atoms with Crippen LogP contribution in [-0.2, 0) is 6.42 Å². The minimum atomic E-state index is -0.811. The number of aryl methyl sites for hydroxylation is 1. The quantitative estimate of drug-likeness (QED) is 0.255. The van der Waals surface area contributed by atoms with Gasteiger partial charge in [-0.15, -0.1) is 0 Å². The molecule has 31 heavy (non-hydrogen) atoms. The molecule has 0 fully saturated rings. The van der Waals surface area contributed by atoms with Crippen LogP contribution in [0.15, 0.2) is 36.7 Å². The van der Waals surface area contributed by atoms with E-state index in [-0.39, 0.29) is 0 Å². The van der Waals surface area contributed by atoms with Gasteiger partial charge in [0.1, 0.15) is 12.3 Å². The number of nitrogens with zero attached hydrogens (tertiary/aromatic N) is 2. The molecule has 0 aliphatic carbocycles. The number of halogens is 2. The lowest BCUT2D eigenvalue weighted by atomic mass is 10.0. The molecule has 0 amide bonds. The second kappa shape index (κ2) is 14.9. The fourth-order valence-corrected chi connectivity index (χ4v) is 3.51. The van der Waals surface area contributed by atoms with Gasteiger partial charge in [-0.25, -0.2) is 18.7 Å². The molecule has 5 heteroatoms. The van der Waals surface area contributed by atoms with Gasteiger partial charge in [0.2, 0.25) is 0 Å². The number of aromatic nitrogens is 2. The molecule has 0 aliphatic rings. The first kappa shape index (κ1) is 25.2. The van der Waals surface area contributed by atoms with Crippen LogP contribution in [0.1, 0.15) is 83.6 Å². The van der Waals surface area contributed by atoms with Crippen LogP contribution in [0.3, 0.4) is 0 Å². The average Bonchev–Trinajstić information content (AvgIpc) is 2.79. The fraction of sp³-hybridized carbons (Fsp3) is 0.615. The molecule has 0 radical (unpaired) electrons. The minimum absolute atomic E-state index is 0.332. The molecule has 1 heterocycles. The van der Waals surface area contributed by atoms with Crippen molar-refractivity contribution in [1.29, 1.82) is 0 Å². The van der Waals surface area contributed by atoms with Gasteiger partial charge in [0.05, 0.1) is 19.0 Å². The SMILES string of the molecule is CCCCC[C@@H](F)CCc1ccc(-c2ncc(OCC[C@@H](F)CCCCC)cn2)cc1. The molecule has 0 bridgehead atoms. The Morgan fingerprint density at radius 2 is 1.35 bits per heavy atom. The second-order valence-corrected chi connectivity index (χ2v) is 8.30. The Labute approximate surface area is 186 Å². The second-order valence-electron chi connectivity index (χ2n) is 8.30. The van der Waals surface area contributed by atoms with E-state index in [1.54, 1.807) is 12.4 Å². The third kappa shape index (κ3) is 10.2. The number of ether oxygens (including phenoxy) is 1. The summed E-state index contributed by atoms with van der Waals surface area (Å²) < 4.78 is 33.3. The monoisotopic (exact) mass is 432 g/mol. The first-order valence-corrected chi connectivity index (χ1v) is 11.9. The molecule has 2 rings (SSSR count). The normalized spacial score (nSPS) is 13.2. The lowest BCUT2D eigenvalue weighted by molar-refractivity contribution is 0.222. The summed E-state index contributed by atoms with van der Waals surface area (Å²) in [6, 6.07) is 7.97. The minimum Gasteiger partial charge on any atom is -0.490 e. The van der Waals surface area contributed by atoms with Crippen molar-refractivity contribution >= 4 is 0 Å². The Bertz CT molecular complexity index is 706. The predicted octanol–water partition coefficient (Wildman–Crippen LogP) is 7.68. The zero-order valence-electron chi connectivity index (χ0n) is 19.2. The van der Waals surface area contributed by atoms with E-state index in [1.807, 2.05) is 24.3 Å². The number of benzene rings is 1. The summed E-state index contributed by atoms with van der Waals surface area (Å²) in [5.74, 6) is 1.17. The van der Waals surface area contributed by atoms with Crippen LogP contribution in [0.2, 0.25) is 0 Å². The van der Waals surface area contributed by atoms with E-state index < -0.39 is 12.3 Å². The van der Waals surface area contributed by atoms with Crippen molar-refractivity contribution in [3.63, 3.8) is 0 Å². The summed E-state index contributed by atoms with van der Waals surface area (Å²) in [4.78, 5) is 8.73. The van der Waals surface area contributed by atoms with Crippen molar-refractivity contribution < 1.29 is 13.5 Å². The number of rotatable bonds is 16. The smallest absolute Gasteiger partial charge is 0.159 e. The van der Waals surface area contributed by atoms with Gasteiger partial charge in [-0.2, -0.15) is 0 Å². The van der Waals surface area contributed by atoms with Gasteiger partial charge in [0, 0.05) is 12.0 Å². The van der Waals surface area contributed by atoms with Crippen LogP contribution in [0.4, 0.5) is 8.78 Å². The molecule has 0 N–H and O–H groups in total. The summed E-state index contributed by atoms with van der Waals surface area (Å²) in [5.41, 5.74) is 2.04. The van der Waals surface area contributed by atoms with E-state index in [4.69, 9.17) is 4.74 Å². The maximum Gasteiger partial charge on any atom is 0.159 e. The Balaban J connectivity index is 1.74. The van der Waals surface area contributed by atoms with Crippen molar-refractivity contribution in [2.45, 2.75) is 96.8 Å². The third-order valence-electron chi connectivity index (χ3n) is 5.53. The molecule has 1 aromatic carbocycles. The fourth-order valence-electron chi connectivity index (χ4n) is 3.51. The standard InChI is InChI=1S/C26H38F2N2O/c1-3-5-7-9-23(27)16-13-21-11-14-22(15-12-21)26-29-19-25(20-30-26)31-18-17-24(28)10-8-6-4-2/h11-12,14-15,19-20,23-24H,3-10,13,16-18H2,1-2H3/t23-,24+/m1/s1. The summed E-state index contributed by atoms with van der Waals surface area (Å²) >= 11 is 0. The molecular weight excluding hydrogens is 394 g/mol. The first-order valence-electron chi connectivity index (χ1n) is 11.9. The van der Waals surface area contributed by atoms with E-state index in [9.17, 15) is 8.78 Å². The van der Waals surface area contributed by atoms with Gasteiger partial charge >= 0.3 is 0 Å². The van der Waals surface area contributed by atoms with Gasteiger partial charge in [-0.3, -0.25) is 0 Å². The van der Waals surface area contributed by atoms with Crippen molar-refractivity contribution in [3.8, 4) is 17.1 Å². The van der Waals surface area contributed by atoms with Gasteiger partial charge in [0.25, 0.3) is 0 Å². The molecule has 2 aromatic rings. The number of hydrogen-bond donors (Lipinski definition) is 0. The average molecular weight is 433 g/mol. The van der Waals surface area contributed by atoms with Crippen LogP contribution in [-0.4, -0.2) is 28.9 Å². The largest absolute Gasteiger partial charge is 0.490 e. The molecule has 0 spiro atoms. The molecule has 0 saturated heterocycles. The van der Waals surface area contributed by atoms with Crippen molar-refractivity contribution in [2.24, 2.45) is 0 Å². The van der Waals surface area contributed by atoms with Crippen molar-refractivity contribution in [2.75, 3.05) is 6.61 Å². The highest BCUT2D eigenvalue weighted by Crippen LogP contribution is 2.20. The van der Waals surface area contributed by atoms with Crippen LogP contribution < -0.4 is 4.74 Å². The van der Waals surface area contributed by atoms with Crippen LogP contribution in [0.25, 0.3) is 11.4 Å². The Hall–Kier alpha value is -2.04. The molecule has 172 valence electrons. The van der Waals surface area contributed by atoms with Gasteiger partial charge < -0.3 is 4.74 Å². The topological polar surface area (TPSA) is 35.0 Å². The zero-order chi connectivity index (χ0) is 22.3. The van der Waals surface area contributed by atoms with E-state index >= 15 is 0 Å². The first-order chi connectivity index (χ1) is 15.1. The maximum absolute atomic E-state index is 13.9. The van der Waals surface area contributed by atoms with Crippen molar-refractivity contribution in [3.05, 3.63) is 42.2 Å². The highest BCUT2D eigenvalue weighted by Gasteiger charge is 2.09. The molecule has 0 saturated carbocycles. The molecular formula is C26H38F2N2O. The Kier molecular flexibility index (Phi) is 12.1.